The Hall–Kier alpha value is -2.59. The number of aliphatic hydroxyl groups excluding tert-OH is 1. The third kappa shape index (κ3) is 7.04. The van der Waals surface area contributed by atoms with E-state index in [1.54, 1.807) is 31.2 Å². The molecule has 2 aromatic carbocycles. The number of nitrogens with zero attached hydrogens (tertiary/aromatic N) is 3. The number of hydrogen-bond acceptors (Lipinski definition) is 7. The molecule has 2 amide bonds. The maximum Gasteiger partial charge on any atom is 0.331 e. The Morgan fingerprint density at radius 1 is 1.05 bits per heavy atom. The van der Waals surface area contributed by atoms with Crippen molar-refractivity contribution in [2.45, 2.75) is 24.5 Å². The fourth-order valence-electron chi connectivity index (χ4n) is 4.30. The first-order chi connectivity index (χ1) is 17.7. The topological polar surface area (TPSA) is 90.4 Å². The van der Waals surface area contributed by atoms with Gasteiger partial charge in [-0.15, -0.1) is 0 Å². The highest BCUT2D eigenvalue weighted by Gasteiger charge is 2.45. The van der Waals surface area contributed by atoms with Crippen LogP contribution in [0.3, 0.4) is 0 Å². The van der Waals surface area contributed by atoms with E-state index in [1.807, 2.05) is 29.2 Å². The van der Waals surface area contributed by atoms with E-state index < -0.39 is 16.6 Å². The molecule has 0 aromatic heterocycles. The average molecular weight is 548 g/mol. The molecule has 3 rings (SSSR count). The van der Waals surface area contributed by atoms with Gasteiger partial charge in [-0.25, -0.2) is 0 Å². The van der Waals surface area contributed by atoms with E-state index >= 15 is 0 Å². The summed E-state index contributed by atoms with van der Waals surface area (Å²) in [5.41, 5.74) is 2.20. The Bertz CT molecular complexity index is 1070. The Kier molecular flexibility index (Phi) is 10.4. The van der Waals surface area contributed by atoms with Gasteiger partial charge in [-0.3, -0.25) is 19.3 Å². The van der Waals surface area contributed by atoms with Gasteiger partial charge in [0, 0.05) is 55.5 Å². The first kappa shape index (κ1) is 29.0. The van der Waals surface area contributed by atoms with Gasteiger partial charge in [0.2, 0.25) is 0 Å². The number of benzene rings is 2. The van der Waals surface area contributed by atoms with Crippen LogP contribution >= 0.6 is 24.2 Å². The number of amides is 2. The lowest BCUT2D eigenvalue weighted by atomic mass is 10.0. The van der Waals surface area contributed by atoms with Gasteiger partial charge in [0.25, 0.3) is 11.8 Å². The molecule has 10 heteroatoms. The van der Waals surface area contributed by atoms with Crippen LogP contribution in [0.2, 0.25) is 5.02 Å². The average Bonchev–Trinajstić information content (AvgIpc) is 2.94. The number of rotatable bonds is 10. The summed E-state index contributed by atoms with van der Waals surface area (Å²) in [5.74, 6) is -1.42. The van der Waals surface area contributed by atoms with Crippen molar-refractivity contribution in [3.8, 4) is 0 Å². The summed E-state index contributed by atoms with van der Waals surface area (Å²) in [4.78, 5) is 44.0. The van der Waals surface area contributed by atoms with Gasteiger partial charge in [-0.05, 0) is 54.8 Å². The highest BCUT2D eigenvalue weighted by molar-refractivity contribution is 7.83. The van der Waals surface area contributed by atoms with Crippen molar-refractivity contribution in [3.63, 3.8) is 0 Å². The molecule has 0 saturated carbocycles. The van der Waals surface area contributed by atoms with E-state index in [4.69, 9.17) is 16.3 Å². The molecule has 1 aliphatic rings. The van der Waals surface area contributed by atoms with Gasteiger partial charge in [-0.1, -0.05) is 30.7 Å². The number of aliphatic hydroxyl groups is 1. The predicted molar refractivity (Wildman–Crippen MR) is 147 cm³/mol. The van der Waals surface area contributed by atoms with Crippen molar-refractivity contribution in [1.82, 2.24) is 9.80 Å². The zero-order valence-electron chi connectivity index (χ0n) is 21.2. The minimum absolute atomic E-state index is 0.0244. The lowest BCUT2D eigenvalue weighted by molar-refractivity contribution is -0.147. The van der Waals surface area contributed by atoms with E-state index in [0.717, 1.165) is 31.1 Å². The maximum absolute atomic E-state index is 13.2. The van der Waals surface area contributed by atoms with Crippen molar-refractivity contribution in [2.75, 3.05) is 57.9 Å². The van der Waals surface area contributed by atoms with Crippen molar-refractivity contribution < 1.29 is 24.2 Å². The van der Waals surface area contributed by atoms with Crippen LogP contribution in [0.15, 0.2) is 48.5 Å². The van der Waals surface area contributed by atoms with Gasteiger partial charge >= 0.3 is 5.97 Å². The van der Waals surface area contributed by atoms with Crippen LogP contribution in [0.4, 0.5) is 5.69 Å². The Labute approximate surface area is 228 Å². The quantitative estimate of drug-likeness (QED) is 0.270. The summed E-state index contributed by atoms with van der Waals surface area (Å²) in [6.07, 6.45) is 1.04. The standard InChI is InChI=1S/C27H34ClN3O5S/c1-3-27(37,26(35)36-2)25(34)31(18-19-32)23-10-6-21(7-11-23)24(33)30-16-14-29(15-17-30)13-12-20-4-8-22(28)9-5-20/h4-11,32,37H,3,12-19H2,1-2H3. The largest absolute Gasteiger partial charge is 0.468 e. The predicted octanol–water partition coefficient (Wildman–Crippen LogP) is 2.92. The van der Waals surface area contributed by atoms with Crippen molar-refractivity contribution in [3.05, 3.63) is 64.7 Å². The zero-order valence-corrected chi connectivity index (χ0v) is 22.9. The van der Waals surface area contributed by atoms with Gasteiger partial charge in [-0.2, -0.15) is 12.6 Å². The molecule has 0 radical (unpaired) electrons. The molecular formula is C27H34ClN3O5S. The number of halogens is 1. The normalized spacial score (nSPS) is 15.6. The second kappa shape index (κ2) is 13.3. The smallest absolute Gasteiger partial charge is 0.331 e. The summed E-state index contributed by atoms with van der Waals surface area (Å²) in [6, 6.07) is 14.5. The van der Waals surface area contributed by atoms with E-state index in [1.165, 1.54) is 17.6 Å². The summed E-state index contributed by atoms with van der Waals surface area (Å²) in [6.45, 7) is 5.12. The number of hydrogen-bond donors (Lipinski definition) is 2. The van der Waals surface area contributed by atoms with Crippen LogP contribution < -0.4 is 4.90 Å². The molecule has 1 N–H and O–H groups in total. The van der Waals surface area contributed by atoms with Gasteiger partial charge in [0.1, 0.15) is 0 Å². The summed E-state index contributed by atoms with van der Waals surface area (Å²) in [7, 11) is 1.20. The Morgan fingerprint density at radius 3 is 2.22 bits per heavy atom. The van der Waals surface area contributed by atoms with Crippen LogP contribution in [0.1, 0.15) is 29.3 Å². The van der Waals surface area contributed by atoms with E-state index in [0.29, 0.717) is 24.3 Å². The summed E-state index contributed by atoms with van der Waals surface area (Å²) in [5, 5.41) is 10.3. The number of anilines is 1. The Morgan fingerprint density at radius 2 is 1.68 bits per heavy atom. The molecular weight excluding hydrogens is 514 g/mol. The van der Waals surface area contributed by atoms with Crippen LogP contribution in [0.25, 0.3) is 0 Å². The molecule has 2 aromatic rings. The molecule has 1 unspecified atom stereocenters. The first-order valence-electron chi connectivity index (χ1n) is 12.3. The van der Waals surface area contributed by atoms with E-state index in [2.05, 4.69) is 17.5 Å². The minimum Gasteiger partial charge on any atom is -0.468 e. The van der Waals surface area contributed by atoms with Gasteiger partial charge in [0.15, 0.2) is 4.75 Å². The molecule has 1 saturated heterocycles. The summed E-state index contributed by atoms with van der Waals surface area (Å²) >= 11 is 10.3. The number of methoxy groups -OCH3 is 1. The molecule has 0 bridgehead atoms. The number of piperazine rings is 1. The van der Waals surface area contributed by atoms with E-state index in [9.17, 15) is 19.5 Å². The number of esters is 1. The minimum atomic E-state index is -1.67. The molecule has 8 nitrogen and oxygen atoms in total. The highest BCUT2D eigenvalue weighted by atomic mass is 35.5. The third-order valence-corrected chi connectivity index (χ3v) is 7.61. The van der Waals surface area contributed by atoms with E-state index in [-0.39, 0.29) is 25.5 Å². The Balaban J connectivity index is 1.60. The lowest BCUT2D eigenvalue weighted by Crippen LogP contribution is -2.51. The third-order valence-electron chi connectivity index (χ3n) is 6.67. The highest BCUT2D eigenvalue weighted by Crippen LogP contribution is 2.28. The fourth-order valence-corrected chi connectivity index (χ4v) is 4.64. The molecule has 37 heavy (non-hydrogen) atoms. The summed E-state index contributed by atoms with van der Waals surface area (Å²) < 4.78 is 3.10. The molecule has 1 fully saturated rings. The van der Waals surface area contributed by atoms with Crippen LogP contribution in [-0.2, 0) is 20.7 Å². The fraction of sp³-hybridized carbons (Fsp3) is 0.444. The van der Waals surface area contributed by atoms with Gasteiger partial charge < -0.3 is 19.6 Å². The van der Waals surface area contributed by atoms with Crippen LogP contribution in [-0.4, -0.2) is 90.4 Å². The van der Waals surface area contributed by atoms with Crippen LogP contribution in [0.5, 0.6) is 0 Å². The zero-order chi connectivity index (χ0) is 27.0. The van der Waals surface area contributed by atoms with Crippen LogP contribution in [0, 0.1) is 0 Å². The number of ether oxygens (including phenoxy) is 1. The van der Waals surface area contributed by atoms with Crippen molar-refractivity contribution in [1.29, 1.82) is 0 Å². The molecule has 0 spiro atoms. The first-order valence-corrected chi connectivity index (χ1v) is 13.2. The monoisotopic (exact) mass is 547 g/mol. The molecule has 1 atom stereocenters. The molecule has 1 heterocycles. The molecule has 0 aliphatic carbocycles. The number of carbonyl (C=O) groups excluding carboxylic acids is 3. The number of carbonyl (C=O) groups is 3. The second-order valence-corrected chi connectivity index (χ2v) is 10.1. The van der Waals surface area contributed by atoms with Crippen molar-refractivity contribution >= 4 is 47.7 Å². The maximum atomic E-state index is 13.2. The van der Waals surface area contributed by atoms with Gasteiger partial charge in [0.05, 0.1) is 13.7 Å². The second-order valence-electron chi connectivity index (χ2n) is 8.94. The SMILES string of the molecule is CCC(S)(C(=O)OC)C(=O)N(CCO)c1ccc(C(=O)N2CCN(CCc3ccc(Cl)cc3)CC2)cc1. The molecule has 200 valence electrons. The number of thiol groups is 1. The lowest BCUT2D eigenvalue weighted by Gasteiger charge is -2.35. The van der Waals surface area contributed by atoms with Crippen molar-refractivity contribution in [2.24, 2.45) is 0 Å². The molecule has 1 aliphatic heterocycles.